The van der Waals surface area contributed by atoms with E-state index in [1.165, 1.54) is 12.1 Å². The largest absolute Gasteiger partial charge is 0.416 e. The highest BCUT2D eigenvalue weighted by Gasteiger charge is 2.29. The van der Waals surface area contributed by atoms with Crippen molar-refractivity contribution >= 4 is 0 Å². The molecule has 0 radical (unpaired) electrons. The van der Waals surface area contributed by atoms with Crippen LogP contribution in [-0.4, -0.2) is 18.3 Å². The van der Waals surface area contributed by atoms with Gasteiger partial charge in [0.25, 0.3) is 0 Å². The second-order valence-corrected chi connectivity index (χ2v) is 4.44. The predicted molar refractivity (Wildman–Crippen MR) is 64.0 cm³/mol. The molecule has 0 saturated carbocycles. The lowest BCUT2D eigenvalue weighted by molar-refractivity contribution is -0.137. The fourth-order valence-corrected chi connectivity index (χ4v) is 1.60. The summed E-state index contributed by atoms with van der Waals surface area (Å²) in [6.45, 7) is 3.44. The number of alkyl halides is 3. The van der Waals surface area contributed by atoms with Gasteiger partial charge < -0.3 is 10.4 Å². The molecule has 5 heteroatoms. The van der Waals surface area contributed by atoms with Crippen molar-refractivity contribution in [3.63, 3.8) is 0 Å². The zero-order chi connectivity index (χ0) is 13.6. The lowest BCUT2D eigenvalue weighted by Crippen LogP contribution is -2.21. The Balaban J connectivity index is 2.40. The maximum absolute atomic E-state index is 12.3. The molecular formula is C13H18F3NO. The van der Waals surface area contributed by atoms with Gasteiger partial charge in [-0.1, -0.05) is 19.1 Å². The highest BCUT2D eigenvalue weighted by Crippen LogP contribution is 2.28. The maximum Gasteiger partial charge on any atom is 0.416 e. The van der Waals surface area contributed by atoms with E-state index in [4.69, 9.17) is 5.11 Å². The van der Waals surface area contributed by atoms with Gasteiger partial charge in [0, 0.05) is 13.2 Å². The third kappa shape index (κ3) is 5.06. The Kier molecular flexibility index (Phi) is 5.62. The van der Waals surface area contributed by atoms with E-state index in [0.29, 0.717) is 12.5 Å². The fourth-order valence-electron chi connectivity index (χ4n) is 1.60. The molecule has 0 spiro atoms. The van der Waals surface area contributed by atoms with Gasteiger partial charge in [0.15, 0.2) is 0 Å². The van der Waals surface area contributed by atoms with Crippen molar-refractivity contribution in [3.05, 3.63) is 35.4 Å². The zero-order valence-corrected chi connectivity index (χ0v) is 10.3. The van der Waals surface area contributed by atoms with Crippen molar-refractivity contribution in [1.82, 2.24) is 5.32 Å². The summed E-state index contributed by atoms with van der Waals surface area (Å²) in [5, 5.41) is 11.9. The molecule has 2 N–H and O–H groups in total. The Hall–Kier alpha value is -1.07. The molecule has 0 bridgehead atoms. The van der Waals surface area contributed by atoms with Crippen LogP contribution in [-0.2, 0) is 12.7 Å². The monoisotopic (exact) mass is 261 g/mol. The van der Waals surface area contributed by atoms with Gasteiger partial charge in [0.05, 0.1) is 5.56 Å². The summed E-state index contributed by atoms with van der Waals surface area (Å²) in [5.74, 6) is 0.351. The van der Waals surface area contributed by atoms with Crippen molar-refractivity contribution in [2.24, 2.45) is 5.92 Å². The molecule has 0 fully saturated rings. The number of halogens is 3. The van der Waals surface area contributed by atoms with Gasteiger partial charge in [-0.3, -0.25) is 0 Å². The molecule has 0 saturated heterocycles. The van der Waals surface area contributed by atoms with Crippen LogP contribution in [0.4, 0.5) is 13.2 Å². The Bertz CT molecular complexity index is 348. The van der Waals surface area contributed by atoms with E-state index in [1.54, 1.807) is 0 Å². The number of benzene rings is 1. The predicted octanol–water partition coefficient (Wildman–Crippen LogP) is 2.81. The molecule has 0 aromatic heterocycles. The van der Waals surface area contributed by atoms with Crippen LogP contribution in [0.15, 0.2) is 24.3 Å². The summed E-state index contributed by atoms with van der Waals surface area (Å²) < 4.78 is 37.0. The van der Waals surface area contributed by atoms with E-state index in [2.05, 4.69) is 5.32 Å². The van der Waals surface area contributed by atoms with Crippen LogP contribution in [0.25, 0.3) is 0 Å². The molecule has 2 nitrogen and oxygen atoms in total. The highest BCUT2D eigenvalue weighted by molar-refractivity contribution is 5.24. The van der Waals surface area contributed by atoms with Crippen LogP contribution < -0.4 is 5.32 Å². The van der Waals surface area contributed by atoms with E-state index in [1.807, 2.05) is 6.92 Å². The van der Waals surface area contributed by atoms with Crippen LogP contribution in [0.2, 0.25) is 0 Å². The topological polar surface area (TPSA) is 32.3 Å². The van der Waals surface area contributed by atoms with Gasteiger partial charge in [0.2, 0.25) is 0 Å². The second kappa shape index (κ2) is 6.75. The lowest BCUT2D eigenvalue weighted by atomic mass is 10.1. The molecule has 0 aliphatic heterocycles. The van der Waals surface area contributed by atoms with Crippen LogP contribution in [0.1, 0.15) is 24.5 Å². The minimum absolute atomic E-state index is 0.156. The molecule has 102 valence electrons. The Morgan fingerprint density at radius 3 is 2.33 bits per heavy atom. The number of hydrogen-bond acceptors (Lipinski definition) is 2. The third-order valence-electron chi connectivity index (χ3n) is 2.73. The quantitative estimate of drug-likeness (QED) is 0.825. The smallest absolute Gasteiger partial charge is 0.396 e. The van der Waals surface area contributed by atoms with Crippen LogP contribution in [0, 0.1) is 5.92 Å². The van der Waals surface area contributed by atoms with Crippen molar-refractivity contribution < 1.29 is 18.3 Å². The number of hydrogen-bond donors (Lipinski definition) is 2. The van der Waals surface area contributed by atoms with E-state index in [-0.39, 0.29) is 6.61 Å². The van der Waals surface area contributed by atoms with Gasteiger partial charge in [-0.15, -0.1) is 0 Å². The molecule has 1 aromatic carbocycles. The summed E-state index contributed by atoms with van der Waals surface area (Å²) in [7, 11) is 0. The minimum Gasteiger partial charge on any atom is -0.396 e. The SMILES string of the molecule is CC(CCO)CNCc1ccc(C(F)(F)F)cc1. The summed E-state index contributed by atoms with van der Waals surface area (Å²) in [4.78, 5) is 0. The van der Waals surface area contributed by atoms with E-state index >= 15 is 0 Å². The molecule has 0 aliphatic carbocycles. The second-order valence-electron chi connectivity index (χ2n) is 4.44. The number of nitrogens with one attached hydrogen (secondary N) is 1. The molecule has 1 aromatic rings. The third-order valence-corrected chi connectivity index (χ3v) is 2.73. The summed E-state index contributed by atoms with van der Waals surface area (Å²) in [5.41, 5.74) is 0.194. The van der Waals surface area contributed by atoms with Gasteiger partial charge in [0.1, 0.15) is 0 Å². The average molecular weight is 261 g/mol. The Morgan fingerprint density at radius 2 is 1.83 bits per heavy atom. The first-order chi connectivity index (χ1) is 8.43. The van der Waals surface area contributed by atoms with Gasteiger partial charge in [-0.25, -0.2) is 0 Å². The first kappa shape index (κ1) is 15.0. The maximum atomic E-state index is 12.3. The van der Waals surface area contributed by atoms with E-state index < -0.39 is 11.7 Å². The minimum atomic E-state index is -4.28. The average Bonchev–Trinajstić information content (AvgIpc) is 2.29. The summed E-state index contributed by atoms with van der Waals surface area (Å²) >= 11 is 0. The summed E-state index contributed by atoms with van der Waals surface area (Å²) in [6.07, 6.45) is -3.55. The molecule has 18 heavy (non-hydrogen) atoms. The Labute approximate surface area is 105 Å². The summed E-state index contributed by atoms with van der Waals surface area (Å²) in [6, 6.07) is 5.14. The van der Waals surface area contributed by atoms with Gasteiger partial charge in [-0.2, -0.15) is 13.2 Å². The first-order valence-electron chi connectivity index (χ1n) is 5.91. The molecule has 1 unspecified atom stereocenters. The number of rotatable bonds is 6. The Morgan fingerprint density at radius 1 is 1.22 bits per heavy atom. The van der Waals surface area contributed by atoms with Crippen LogP contribution >= 0.6 is 0 Å². The van der Waals surface area contributed by atoms with Gasteiger partial charge >= 0.3 is 6.18 Å². The normalized spacial score (nSPS) is 13.6. The lowest BCUT2D eigenvalue weighted by Gasteiger charge is -2.11. The first-order valence-corrected chi connectivity index (χ1v) is 5.91. The molecule has 1 rings (SSSR count). The number of aliphatic hydroxyl groups is 1. The molecular weight excluding hydrogens is 243 g/mol. The van der Waals surface area contributed by atoms with Crippen molar-refractivity contribution in [2.45, 2.75) is 26.1 Å². The van der Waals surface area contributed by atoms with Crippen LogP contribution in [0.3, 0.4) is 0 Å². The molecule has 0 heterocycles. The number of aliphatic hydroxyl groups excluding tert-OH is 1. The zero-order valence-electron chi connectivity index (χ0n) is 10.3. The van der Waals surface area contributed by atoms with E-state index in [9.17, 15) is 13.2 Å². The molecule has 0 amide bonds. The molecule has 1 atom stereocenters. The standard InChI is InChI=1S/C13H18F3NO/c1-10(6-7-18)8-17-9-11-2-4-12(5-3-11)13(14,15)16/h2-5,10,17-18H,6-9H2,1H3. The fraction of sp³-hybridized carbons (Fsp3) is 0.538. The van der Waals surface area contributed by atoms with Crippen molar-refractivity contribution in [1.29, 1.82) is 0 Å². The van der Waals surface area contributed by atoms with Crippen molar-refractivity contribution in [2.75, 3.05) is 13.2 Å². The molecule has 0 aliphatic rings. The van der Waals surface area contributed by atoms with Crippen LogP contribution in [0.5, 0.6) is 0 Å². The van der Waals surface area contributed by atoms with E-state index in [0.717, 1.165) is 30.7 Å². The van der Waals surface area contributed by atoms with Crippen molar-refractivity contribution in [3.8, 4) is 0 Å². The highest BCUT2D eigenvalue weighted by atomic mass is 19.4. The van der Waals surface area contributed by atoms with Gasteiger partial charge in [-0.05, 0) is 36.6 Å².